The first-order valence-electron chi connectivity index (χ1n) is 5.70. The maximum atomic E-state index is 11.7. The Hall–Kier alpha value is -1.08. The number of hydrogen-bond donors (Lipinski definition) is 2. The quantitative estimate of drug-likeness (QED) is 0.590. The number of aromatic nitrogens is 3. The third-order valence-electron chi connectivity index (χ3n) is 2.64. The number of ether oxygens (including phenoxy) is 1. The van der Waals surface area contributed by atoms with Crippen LogP contribution in [0, 0.1) is 5.92 Å². The molecule has 2 heterocycles. The minimum Gasteiger partial charge on any atom is -0.381 e. The van der Waals surface area contributed by atoms with Crippen LogP contribution in [0.5, 0.6) is 0 Å². The second-order valence-corrected chi connectivity index (χ2v) is 4.95. The first-order chi connectivity index (χ1) is 8.36. The summed E-state index contributed by atoms with van der Waals surface area (Å²) in [4.78, 5) is 11.7. The van der Waals surface area contributed by atoms with E-state index in [0.717, 1.165) is 23.6 Å². The van der Waals surface area contributed by atoms with Crippen LogP contribution in [0.4, 0.5) is 0 Å². The van der Waals surface area contributed by atoms with E-state index in [4.69, 9.17) is 4.74 Å². The Morgan fingerprint density at radius 1 is 1.59 bits per heavy atom. The maximum absolute atomic E-state index is 11.7. The summed E-state index contributed by atoms with van der Waals surface area (Å²) in [6, 6.07) is 0. The molecule has 0 aliphatic carbocycles. The van der Waals surface area contributed by atoms with Gasteiger partial charge in [-0.15, -0.1) is 16.9 Å². The molecule has 1 saturated heterocycles. The normalized spacial score (nSPS) is 16.9. The van der Waals surface area contributed by atoms with Gasteiger partial charge in [0.15, 0.2) is 0 Å². The molecule has 0 unspecified atom stereocenters. The third-order valence-corrected chi connectivity index (χ3v) is 3.54. The molecule has 1 aliphatic heterocycles. The zero-order valence-electron chi connectivity index (χ0n) is 9.52. The molecule has 0 saturated carbocycles. The van der Waals surface area contributed by atoms with E-state index in [1.54, 1.807) is 18.0 Å². The van der Waals surface area contributed by atoms with Crippen LogP contribution in [0.2, 0.25) is 0 Å². The highest BCUT2D eigenvalue weighted by Gasteiger charge is 2.20. The highest BCUT2D eigenvalue weighted by Crippen LogP contribution is 2.15. The smallest absolute Gasteiger partial charge is 0.223 e. The Bertz CT molecular complexity index is 338. The molecule has 0 radical (unpaired) electrons. The van der Waals surface area contributed by atoms with Crippen LogP contribution in [0.25, 0.3) is 0 Å². The number of H-pyrrole nitrogens is 1. The first-order valence-corrected chi connectivity index (χ1v) is 6.69. The SMILES string of the molecule is O=C(NCCSc1cn[nH]n1)C1CCOCC1. The number of carbonyl (C=O) groups excluding carboxylic acids is 1. The van der Waals surface area contributed by atoms with E-state index in [1.165, 1.54) is 0 Å². The number of thioether (sulfide) groups is 1. The van der Waals surface area contributed by atoms with E-state index in [2.05, 4.69) is 20.7 Å². The van der Waals surface area contributed by atoms with Gasteiger partial charge >= 0.3 is 0 Å². The van der Waals surface area contributed by atoms with Crippen molar-refractivity contribution in [2.75, 3.05) is 25.5 Å². The summed E-state index contributed by atoms with van der Waals surface area (Å²) in [5.41, 5.74) is 0. The lowest BCUT2D eigenvalue weighted by Crippen LogP contribution is -2.35. The Kier molecular flexibility index (Phi) is 4.81. The summed E-state index contributed by atoms with van der Waals surface area (Å²) in [6.07, 6.45) is 3.34. The molecule has 1 fully saturated rings. The van der Waals surface area contributed by atoms with Gasteiger partial charge in [0.1, 0.15) is 5.03 Å². The molecular formula is C10H16N4O2S. The van der Waals surface area contributed by atoms with Crippen LogP contribution < -0.4 is 5.32 Å². The van der Waals surface area contributed by atoms with Gasteiger partial charge in [-0.3, -0.25) is 4.79 Å². The number of nitrogens with zero attached hydrogens (tertiary/aromatic N) is 2. The molecule has 0 atom stereocenters. The van der Waals surface area contributed by atoms with Gasteiger partial charge < -0.3 is 10.1 Å². The van der Waals surface area contributed by atoms with Gasteiger partial charge in [0.05, 0.1) is 6.20 Å². The van der Waals surface area contributed by atoms with E-state index in [-0.39, 0.29) is 11.8 Å². The van der Waals surface area contributed by atoms with E-state index in [0.29, 0.717) is 19.8 Å². The molecule has 2 rings (SSSR count). The van der Waals surface area contributed by atoms with E-state index >= 15 is 0 Å². The molecular weight excluding hydrogens is 240 g/mol. The van der Waals surface area contributed by atoms with Crippen molar-refractivity contribution >= 4 is 17.7 Å². The Balaban J connectivity index is 1.59. The first kappa shape index (κ1) is 12.4. The van der Waals surface area contributed by atoms with Crippen molar-refractivity contribution in [1.82, 2.24) is 20.7 Å². The van der Waals surface area contributed by atoms with Crippen molar-refractivity contribution in [1.29, 1.82) is 0 Å². The average molecular weight is 256 g/mol. The number of carbonyl (C=O) groups is 1. The highest BCUT2D eigenvalue weighted by molar-refractivity contribution is 7.99. The molecule has 1 aromatic heterocycles. The fourth-order valence-corrected chi connectivity index (χ4v) is 2.34. The van der Waals surface area contributed by atoms with Crippen LogP contribution in [0.3, 0.4) is 0 Å². The van der Waals surface area contributed by atoms with Crippen molar-refractivity contribution in [2.45, 2.75) is 17.9 Å². The Morgan fingerprint density at radius 2 is 2.41 bits per heavy atom. The summed E-state index contributed by atoms with van der Waals surface area (Å²) < 4.78 is 5.22. The van der Waals surface area contributed by atoms with Gasteiger partial charge in [0, 0.05) is 31.4 Å². The lowest BCUT2D eigenvalue weighted by Gasteiger charge is -2.21. The van der Waals surface area contributed by atoms with E-state index in [9.17, 15) is 4.79 Å². The summed E-state index contributed by atoms with van der Waals surface area (Å²) in [5.74, 6) is 1.08. The molecule has 17 heavy (non-hydrogen) atoms. The van der Waals surface area contributed by atoms with Crippen LogP contribution in [0.15, 0.2) is 11.2 Å². The van der Waals surface area contributed by atoms with Crippen LogP contribution in [-0.2, 0) is 9.53 Å². The highest BCUT2D eigenvalue weighted by atomic mass is 32.2. The van der Waals surface area contributed by atoms with Crippen molar-refractivity contribution in [2.24, 2.45) is 5.92 Å². The van der Waals surface area contributed by atoms with Gasteiger partial charge in [0.2, 0.25) is 5.91 Å². The van der Waals surface area contributed by atoms with Crippen LogP contribution >= 0.6 is 11.8 Å². The fraction of sp³-hybridized carbons (Fsp3) is 0.700. The summed E-state index contributed by atoms with van der Waals surface area (Å²) in [5, 5.41) is 14.0. The van der Waals surface area contributed by atoms with Crippen LogP contribution in [-0.4, -0.2) is 46.8 Å². The second-order valence-electron chi connectivity index (χ2n) is 3.83. The predicted molar refractivity (Wildman–Crippen MR) is 63.7 cm³/mol. The maximum Gasteiger partial charge on any atom is 0.223 e. The van der Waals surface area contributed by atoms with Gasteiger partial charge in [-0.1, -0.05) is 0 Å². The summed E-state index contributed by atoms with van der Waals surface area (Å²) >= 11 is 1.57. The monoisotopic (exact) mass is 256 g/mol. The average Bonchev–Trinajstić information content (AvgIpc) is 2.88. The molecule has 94 valence electrons. The molecule has 1 aliphatic rings. The molecule has 2 N–H and O–H groups in total. The lowest BCUT2D eigenvalue weighted by atomic mass is 10.00. The Labute approximate surface area is 104 Å². The largest absolute Gasteiger partial charge is 0.381 e. The van der Waals surface area contributed by atoms with Gasteiger partial charge in [0.25, 0.3) is 0 Å². The van der Waals surface area contributed by atoms with Crippen molar-refractivity contribution < 1.29 is 9.53 Å². The number of nitrogens with one attached hydrogen (secondary N) is 2. The standard InChI is InChI=1S/C10H16N4O2S/c15-10(8-1-4-16-5-2-8)11-3-6-17-9-7-12-14-13-9/h7-8H,1-6H2,(H,11,15)(H,12,13,14). The summed E-state index contributed by atoms with van der Waals surface area (Å²) in [6.45, 7) is 2.06. The Morgan fingerprint density at radius 3 is 3.12 bits per heavy atom. The molecule has 7 heteroatoms. The van der Waals surface area contributed by atoms with Crippen molar-refractivity contribution in [3.63, 3.8) is 0 Å². The zero-order valence-corrected chi connectivity index (χ0v) is 10.3. The zero-order chi connectivity index (χ0) is 11.9. The van der Waals surface area contributed by atoms with Gasteiger partial charge in [-0.25, -0.2) is 0 Å². The molecule has 0 aromatic carbocycles. The molecule has 6 nitrogen and oxygen atoms in total. The minimum absolute atomic E-state index is 0.126. The van der Waals surface area contributed by atoms with Crippen LogP contribution in [0.1, 0.15) is 12.8 Å². The predicted octanol–water partition coefficient (Wildman–Crippen LogP) is 0.440. The van der Waals surface area contributed by atoms with Crippen molar-refractivity contribution in [3.8, 4) is 0 Å². The van der Waals surface area contributed by atoms with Crippen molar-refractivity contribution in [3.05, 3.63) is 6.20 Å². The fourth-order valence-electron chi connectivity index (χ4n) is 1.69. The number of rotatable bonds is 5. The van der Waals surface area contributed by atoms with E-state index < -0.39 is 0 Å². The minimum atomic E-state index is 0.126. The lowest BCUT2D eigenvalue weighted by molar-refractivity contribution is -0.127. The molecule has 1 aromatic rings. The van der Waals surface area contributed by atoms with E-state index in [1.807, 2.05) is 0 Å². The second kappa shape index (κ2) is 6.61. The molecule has 1 amide bonds. The summed E-state index contributed by atoms with van der Waals surface area (Å²) in [7, 11) is 0. The number of amides is 1. The van der Waals surface area contributed by atoms with Gasteiger partial charge in [-0.05, 0) is 12.8 Å². The number of aromatic amines is 1. The van der Waals surface area contributed by atoms with Gasteiger partial charge in [-0.2, -0.15) is 10.3 Å². The molecule has 0 spiro atoms. The third kappa shape index (κ3) is 4.01. The topological polar surface area (TPSA) is 79.9 Å². The number of hydrogen-bond acceptors (Lipinski definition) is 5. The molecule has 0 bridgehead atoms.